The van der Waals surface area contributed by atoms with E-state index in [1.54, 1.807) is 6.92 Å². The Hall–Kier alpha value is -1.69. The van der Waals surface area contributed by atoms with Gasteiger partial charge in [-0.1, -0.05) is 0 Å². The molecule has 1 heterocycles. The maximum atomic E-state index is 11.9. The summed E-state index contributed by atoms with van der Waals surface area (Å²) in [5, 5.41) is 0. The van der Waals surface area contributed by atoms with E-state index in [1.807, 2.05) is 6.92 Å². The lowest BCUT2D eigenvalue weighted by atomic mass is 10.2. The number of aromatic nitrogens is 2. The lowest BCUT2D eigenvalue weighted by molar-refractivity contribution is 0.0394. The summed E-state index contributed by atoms with van der Waals surface area (Å²) >= 11 is 0. The van der Waals surface area contributed by atoms with E-state index < -0.39 is 11.5 Å². The van der Waals surface area contributed by atoms with Gasteiger partial charge in [-0.15, -0.1) is 0 Å². The van der Waals surface area contributed by atoms with Crippen LogP contribution in [0.1, 0.15) is 49.0 Å². The fourth-order valence-corrected chi connectivity index (χ4v) is 1.92. The van der Waals surface area contributed by atoms with E-state index in [-0.39, 0.29) is 18.3 Å². The summed E-state index contributed by atoms with van der Waals surface area (Å²) < 4.78 is 10.4. The lowest BCUT2D eigenvalue weighted by Crippen LogP contribution is -2.24. The second kappa shape index (κ2) is 5.97. The van der Waals surface area contributed by atoms with E-state index in [4.69, 9.17) is 9.47 Å². The third-order valence-electron chi connectivity index (χ3n) is 2.98. The normalized spacial score (nSPS) is 16.1. The van der Waals surface area contributed by atoms with Gasteiger partial charge in [-0.25, -0.2) is 9.78 Å². The second-order valence-corrected chi connectivity index (χ2v) is 4.45. The van der Waals surface area contributed by atoms with Gasteiger partial charge in [0.05, 0.1) is 6.61 Å². The molecule has 0 aliphatic heterocycles. The Kier molecular flexibility index (Phi) is 4.31. The molecule has 0 amide bonds. The van der Waals surface area contributed by atoms with Crippen LogP contribution in [0.25, 0.3) is 0 Å². The number of H-pyrrole nitrogens is 1. The van der Waals surface area contributed by atoms with E-state index in [2.05, 4.69) is 9.97 Å². The first kappa shape index (κ1) is 13.7. The predicted molar refractivity (Wildman–Crippen MR) is 67.9 cm³/mol. The number of carbonyl (C=O) groups excluding carboxylic acids is 1. The van der Waals surface area contributed by atoms with Crippen LogP contribution in [-0.4, -0.2) is 29.2 Å². The van der Waals surface area contributed by atoms with Crippen LogP contribution in [0.4, 0.5) is 0 Å². The number of nitrogens with zero attached hydrogens (tertiary/aromatic N) is 1. The monoisotopic (exact) mass is 266 g/mol. The second-order valence-electron chi connectivity index (χ2n) is 4.45. The van der Waals surface area contributed by atoms with Crippen LogP contribution >= 0.6 is 0 Å². The van der Waals surface area contributed by atoms with Gasteiger partial charge >= 0.3 is 5.97 Å². The van der Waals surface area contributed by atoms with Gasteiger partial charge in [0.2, 0.25) is 0 Å². The summed E-state index contributed by atoms with van der Waals surface area (Å²) in [5.41, 5.74) is -0.551. The minimum atomic E-state index is -0.651. The van der Waals surface area contributed by atoms with Crippen LogP contribution < -0.4 is 5.56 Å². The molecule has 19 heavy (non-hydrogen) atoms. The van der Waals surface area contributed by atoms with E-state index >= 15 is 0 Å². The average Bonchev–Trinajstić information content (AvgIpc) is 3.20. The largest absolute Gasteiger partial charge is 0.462 e. The minimum absolute atomic E-state index is 0.0726. The summed E-state index contributed by atoms with van der Waals surface area (Å²) in [6, 6.07) is 0. The Morgan fingerprint density at radius 1 is 1.47 bits per heavy atom. The molecule has 1 unspecified atom stereocenters. The molecule has 1 aliphatic carbocycles. The predicted octanol–water partition coefficient (Wildman–Crippen LogP) is 1.43. The zero-order valence-electron chi connectivity index (χ0n) is 11.1. The highest BCUT2D eigenvalue weighted by molar-refractivity contribution is 5.88. The molecule has 2 rings (SSSR count). The standard InChI is InChI=1S/C13H18N2O4/c1-3-18-10(8-5-6-8)11-14-7-9(12(16)15-11)13(17)19-4-2/h7-8,10H,3-6H2,1-2H3,(H,14,15,16). The van der Waals surface area contributed by atoms with Crippen molar-refractivity contribution in [3.05, 3.63) is 27.9 Å². The summed E-state index contributed by atoms with van der Waals surface area (Å²) in [6.45, 7) is 4.38. The molecule has 104 valence electrons. The van der Waals surface area contributed by atoms with Crippen molar-refractivity contribution in [2.75, 3.05) is 13.2 Å². The third-order valence-corrected chi connectivity index (χ3v) is 2.98. The number of hydrogen-bond acceptors (Lipinski definition) is 5. The van der Waals surface area contributed by atoms with Crippen molar-refractivity contribution in [1.29, 1.82) is 0 Å². The first-order valence-corrected chi connectivity index (χ1v) is 6.55. The first-order valence-electron chi connectivity index (χ1n) is 6.55. The topological polar surface area (TPSA) is 81.3 Å². The van der Waals surface area contributed by atoms with Gasteiger partial charge in [0, 0.05) is 12.8 Å². The van der Waals surface area contributed by atoms with Gasteiger partial charge in [0.25, 0.3) is 5.56 Å². The van der Waals surface area contributed by atoms with Crippen molar-refractivity contribution in [3.8, 4) is 0 Å². The van der Waals surface area contributed by atoms with Crippen molar-refractivity contribution < 1.29 is 14.3 Å². The zero-order valence-corrected chi connectivity index (χ0v) is 11.1. The molecule has 6 nitrogen and oxygen atoms in total. The number of esters is 1. The van der Waals surface area contributed by atoms with Gasteiger partial charge in [-0.3, -0.25) is 4.79 Å². The molecular formula is C13H18N2O4. The van der Waals surface area contributed by atoms with Gasteiger partial charge in [0.15, 0.2) is 0 Å². The highest BCUT2D eigenvalue weighted by Gasteiger charge is 2.34. The zero-order chi connectivity index (χ0) is 13.8. The van der Waals surface area contributed by atoms with Crippen LogP contribution in [0.5, 0.6) is 0 Å². The molecule has 1 aliphatic rings. The van der Waals surface area contributed by atoms with Crippen molar-refractivity contribution in [1.82, 2.24) is 9.97 Å². The molecule has 0 spiro atoms. The fraction of sp³-hybridized carbons (Fsp3) is 0.615. The Bertz CT molecular complexity index is 508. The number of aromatic amines is 1. The van der Waals surface area contributed by atoms with Crippen LogP contribution in [-0.2, 0) is 9.47 Å². The molecule has 1 aromatic heterocycles. The Morgan fingerprint density at radius 2 is 2.21 bits per heavy atom. The van der Waals surface area contributed by atoms with Gasteiger partial charge in [-0.2, -0.15) is 0 Å². The Labute approximate surface area is 111 Å². The number of nitrogens with one attached hydrogen (secondary N) is 1. The first-order chi connectivity index (χ1) is 9.17. The van der Waals surface area contributed by atoms with Gasteiger partial charge < -0.3 is 14.5 Å². The minimum Gasteiger partial charge on any atom is -0.462 e. The van der Waals surface area contributed by atoms with Crippen molar-refractivity contribution in [2.24, 2.45) is 5.92 Å². The molecule has 1 N–H and O–H groups in total. The number of rotatable bonds is 6. The Morgan fingerprint density at radius 3 is 2.74 bits per heavy atom. The molecular weight excluding hydrogens is 248 g/mol. The molecule has 0 saturated heterocycles. The molecule has 1 fully saturated rings. The number of ether oxygens (including phenoxy) is 2. The SMILES string of the molecule is CCOC(=O)c1cnc(C(OCC)C2CC2)[nH]c1=O. The third kappa shape index (κ3) is 3.20. The van der Waals surface area contributed by atoms with Crippen molar-refractivity contribution >= 4 is 5.97 Å². The maximum absolute atomic E-state index is 11.9. The van der Waals surface area contributed by atoms with Gasteiger partial charge in [-0.05, 0) is 32.6 Å². The van der Waals surface area contributed by atoms with Crippen LogP contribution in [0, 0.1) is 5.92 Å². The molecule has 1 saturated carbocycles. The lowest BCUT2D eigenvalue weighted by Gasteiger charge is -2.15. The Balaban J connectivity index is 2.22. The molecule has 0 bridgehead atoms. The maximum Gasteiger partial charge on any atom is 0.345 e. The van der Waals surface area contributed by atoms with Crippen molar-refractivity contribution in [2.45, 2.75) is 32.8 Å². The fourth-order valence-electron chi connectivity index (χ4n) is 1.92. The van der Waals surface area contributed by atoms with E-state index in [1.165, 1.54) is 6.20 Å². The van der Waals surface area contributed by atoms with E-state index in [0.717, 1.165) is 12.8 Å². The number of hydrogen-bond donors (Lipinski definition) is 1. The van der Waals surface area contributed by atoms with Crippen LogP contribution in [0.15, 0.2) is 11.0 Å². The van der Waals surface area contributed by atoms with Crippen LogP contribution in [0.2, 0.25) is 0 Å². The highest BCUT2D eigenvalue weighted by Crippen LogP contribution is 2.41. The highest BCUT2D eigenvalue weighted by atomic mass is 16.5. The van der Waals surface area contributed by atoms with E-state index in [9.17, 15) is 9.59 Å². The molecule has 0 aromatic carbocycles. The van der Waals surface area contributed by atoms with Gasteiger partial charge in [0.1, 0.15) is 17.5 Å². The smallest absolute Gasteiger partial charge is 0.345 e. The molecule has 6 heteroatoms. The molecule has 0 radical (unpaired) electrons. The molecule has 1 aromatic rings. The number of carbonyl (C=O) groups is 1. The summed E-state index contributed by atoms with van der Waals surface area (Å²) in [6.07, 6.45) is 3.23. The summed E-state index contributed by atoms with van der Waals surface area (Å²) in [4.78, 5) is 30.1. The molecule has 1 atom stereocenters. The quantitative estimate of drug-likeness (QED) is 0.788. The van der Waals surface area contributed by atoms with Crippen molar-refractivity contribution in [3.63, 3.8) is 0 Å². The van der Waals surface area contributed by atoms with E-state index in [0.29, 0.717) is 18.3 Å². The summed E-state index contributed by atoms with van der Waals surface area (Å²) in [7, 11) is 0. The average molecular weight is 266 g/mol. The van der Waals surface area contributed by atoms with Crippen LogP contribution in [0.3, 0.4) is 0 Å². The summed E-state index contributed by atoms with van der Waals surface area (Å²) in [5.74, 6) is 0.251.